The van der Waals surface area contributed by atoms with Gasteiger partial charge in [0, 0.05) is 44.3 Å². The molecule has 2 aromatic heterocycles. The van der Waals surface area contributed by atoms with Gasteiger partial charge in [0.15, 0.2) is 0 Å². The minimum absolute atomic E-state index is 0.0909. The van der Waals surface area contributed by atoms with E-state index in [-0.39, 0.29) is 6.71 Å². The van der Waals surface area contributed by atoms with Gasteiger partial charge < -0.3 is 14.0 Å². The summed E-state index contributed by atoms with van der Waals surface area (Å²) in [4.78, 5) is 2.60. The van der Waals surface area contributed by atoms with E-state index in [4.69, 9.17) is 0 Å². The van der Waals surface area contributed by atoms with Gasteiger partial charge in [0.1, 0.15) is 0 Å². The molecular formula is C61H40BN3. The zero-order chi connectivity index (χ0) is 42.6. The lowest BCUT2D eigenvalue weighted by Gasteiger charge is -2.50. The summed E-state index contributed by atoms with van der Waals surface area (Å²) in [7, 11) is 0. The maximum absolute atomic E-state index is 2.60. The van der Waals surface area contributed by atoms with Gasteiger partial charge >= 0.3 is 0 Å². The van der Waals surface area contributed by atoms with Gasteiger partial charge in [-0.1, -0.05) is 187 Å². The van der Waals surface area contributed by atoms with E-state index in [1.54, 1.807) is 0 Å². The maximum atomic E-state index is 2.60. The van der Waals surface area contributed by atoms with Crippen molar-refractivity contribution in [1.82, 2.24) is 9.13 Å². The molecule has 0 amide bonds. The second-order valence-corrected chi connectivity index (χ2v) is 17.6. The molecule has 4 heteroatoms. The molecule has 4 heterocycles. The van der Waals surface area contributed by atoms with Gasteiger partial charge in [0.2, 0.25) is 6.71 Å². The lowest BCUT2D eigenvalue weighted by Crippen LogP contribution is -2.59. The number of rotatable bonds is 5. The van der Waals surface area contributed by atoms with Crippen LogP contribution in [0.5, 0.6) is 0 Å². The second-order valence-electron chi connectivity index (χ2n) is 17.6. The molecule has 302 valence electrons. The van der Waals surface area contributed by atoms with Gasteiger partial charge in [-0.25, -0.2) is 0 Å². The van der Waals surface area contributed by atoms with Crippen LogP contribution in [0.4, 0.5) is 17.1 Å². The molecule has 0 bridgehead atoms. The van der Waals surface area contributed by atoms with Crippen molar-refractivity contribution in [2.75, 3.05) is 4.90 Å². The average molecular weight is 826 g/mol. The minimum Gasteiger partial charge on any atom is -0.311 e. The lowest BCUT2D eigenvalue weighted by atomic mass is 9.34. The molecule has 0 radical (unpaired) electrons. The van der Waals surface area contributed by atoms with Crippen LogP contribution < -0.4 is 21.3 Å². The van der Waals surface area contributed by atoms with Crippen molar-refractivity contribution in [3.63, 3.8) is 0 Å². The number of para-hydroxylation sites is 5. The van der Waals surface area contributed by atoms with Crippen LogP contribution in [0.2, 0.25) is 0 Å². The van der Waals surface area contributed by atoms with Crippen LogP contribution in [-0.2, 0) is 5.41 Å². The van der Waals surface area contributed by atoms with E-state index in [2.05, 4.69) is 257 Å². The van der Waals surface area contributed by atoms with E-state index in [1.807, 2.05) is 0 Å². The minimum atomic E-state index is -0.657. The Kier molecular flexibility index (Phi) is 7.70. The van der Waals surface area contributed by atoms with Crippen molar-refractivity contribution in [2.45, 2.75) is 5.41 Å². The quantitative estimate of drug-likeness (QED) is 0.158. The fourth-order valence-electron chi connectivity index (χ4n) is 11.9. The number of anilines is 3. The first-order valence-corrected chi connectivity index (χ1v) is 22.6. The summed E-state index contributed by atoms with van der Waals surface area (Å²) in [6.07, 6.45) is 0. The van der Waals surface area contributed by atoms with Crippen molar-refractivity contribution in [1.29, 1.82) is 0 Å². The Labute approximate surface area is 377 Å². The zero-order valence-corrected chi connectivity index (χ0v) is 35.5. The maximum Gasteiger partial charge on any atom is 0.246 e. The van der Waals surface area contributed by atoms with Crippen molar-refractivity contribution >= 4 is 83.8 Å². The number of hydrogen-bond donors (Lipinski definition) is 0. The number of hydrogen-bond acceptors (Lipinski definition) is 1. The highest BCUT2D eigenvalue weighted by atomic mass is 15.2. The van der Waals surface area contributed by atoms with Gasteiger partial charge in [-0.05, 0) is 93.8 Å². The number of aromatic nitrogens is 2. The first kappa shape index (κ1) is 36.2. The lowest BCUT2D eigenvalue weighted by molar-refractivity contribution is 0.731. The van der Waals surface area contributed by atoms with Gasteiger partial charge in [-0.3, -0.25) is 0 Å². The van der Waals surface area contributed by atoms with Gasteiger partial charge in [0.25, 0.3) is 0 Å². The predicted molar refractivity (Wildman–Crippen MR) is 273 cm³/mol. The Balaban J connectivity index is 1.16. The fourth-order valence-corrected chi connectivity index (χ4v) is 11.9. The number of fused-ring (bicyclic) bond motifs is 10. The van der Waals surface area contributed by atoms with E-state index < -0.39 is 5.41 Å². The van der Waals surface area contributed by atoms with E-state index in [1.165, 1.54) is 99.3 Å². The smallest absolute Gasteiger partial charge is 0.246 e. The van der Waals surface area contributed by atoms with Crippen LogP contribution in [0.15, 0.2) is 243 Å². The van der Waals surface area contributed by atoms with Crippen LogP contribution in [-0.4, -0.2) is 15.8 Å². The Morgan fingerprint density at radius 1 is 0.323 bits per heavy atom. The van der Waals surface area contributed by atoms with E-state index in [0.29, 0.717) is 0 Å². The molecule has 3 nitrogen and oxygen atoms in total. The zero-order valence-electron chi connectivity index (χ0n) is 35.5. The fraction of sp³-hybridized carbons (Fsp3) is 0.0164. The molecule has 10 aromatic carbocycles. The molecule has 0 spiro atoms. The Hall–Kier alpha value is -8.34. The molecule has 0 N–H and O–H groups in total. The van der Waals surface area contributed by atoms with Crippen LogP contribution in [0.1, 0.15) is 22.3 Å². The second kappa shape index (κ2) is 13.8. The third-order valence-electron chi connectivity index (χ3n) is 14.4. The summed E-state index contributed by atoms with van der Waals surface area (Å²) < 4.78 is 4.97. The summed E-state index contributed by atoms with van der Waals surface area (Å²) in [5.41, 5.74) is 18.9. The molecule has 2 aliphatic rings. The number of nitrogens with zero attached hydrogens (tertiary/aromatic N) is 3. The summed E-state index contributed by atoms with van der Waals surface area (Å²) in [5, 5.41) is 5.02. The molecule has 0 saturated heterocycles. The molecule has 65 heavy (non-hydrogen) atoms. The highest BCUT2D eigenvalue weighted by molar-refractivity contribution is 6.98. The summed E-state index contributed by atoms with van der Waals surface area (Å²) in [6.45, 7) is -0.0909. The van der Waals surface area contributed by atoms with E-state index in [9.17, 15) is 0 Å². The van der Waals surface area contributed by atoms with Crippen molar-refractivity contribution in [3.05, 3.63) is 265 Å². The van der Waals surface area contributed by atoms with Gasteiger partial charge in [0.05, 0.1) is 33.2 Å². The van der Waals surface area contributed by atoms with Crippen LogP contribution in [0.3, 0.4) is 0 Å². The van der Waals surface area contributed by atoms with Crippen molar-refractivity contribution < 1.29 is 0 Å². The monoisotopic (exact) mass is 825 g/mol. The van der Waals surface area contributed by atoms with Crippen LogP contribution in [0.25, 0.3) is 55.0 Å². The van der Waals surface area contributed by atoms with Gasteiger partial charge in [-0.2, -0.15) is 0 Å². The molecule has 12 aromatic rings. The number of benzene rings is 10. The Morgan fingerprint density at radius 3 is 1.32 bits per heavy atom. The third-order valence-corrected chi connectivity index (χ3v) is 14.4. The highest BCUT2D eigenvalue weighted by Gasteiger charge is 2.50. The van der Waals surface area contributed by atoms with Crippen LogP contribution >= 0.6 is 0 Å². The van der Waals surface area contributed by atoms with Crippen molar-refractivity contribution in [2.24, 2.45) is 0 Å². The summed E-state index contributed by atoms with van der Waals surface area (Å²) >= 11 is 0. The molecule has 0 unspecified atom stereocenters. The first-order chi connectivity index (χ1) is 32.3. The van der Waals surface area contributed by atoms with Crippen LogP contribution in [0, 0.1) is 0 Å². The molecule has 0 atom stereocenters. The van der Waals surface area contributed by atoms with E-state index >= 15 is 0 Å². The first-order valence-electron chi connectivity index (χ1n) is 22.6. The molecule has 14 rings (SSSR count). The SMILES string of the molecule is c1ccc(B2c3cc(-n4c5ccccc5c5ccccc54)ccc3N3c4ccccc4C(c4ccccc4)(c4ccccc4)c4cc(-n5c6ccccc6c6ccccc65)cc2c43)cc1. The third kappa shape index (κ3) is 4.97. The molecule has 2 aliphatic heterocycles. The van der Waals surface area contributed by atoms with E-state index in [0.717, 1.165) is 11.4 Å². The highest BCUT2D eigenvalue weighted by Crippen LogP contribution is 2.58. The molecular weight excluding hydrogens is 786 g/mol. The predicted octanol–water partition coefficient (Wildman–Crippen LogP) is 12.9. The summed E-state index contributed by atoms with van der Waals surface area (Å²) in [5.74, 6) is 0. The average Bonchev–Trinajstić information content (AvgIpc) is 3.90. The largest absolute Gasteiger partial charge is 0.311 e. The Morgan fingerprint density at radius 2 is 0.769 bits per heavy atom. The van der Waals surface area contributed by atoms with Gasteiger partial charge in [-0.15, -0.1) is 0 Å². The topological polar surface area (TPSA) is 13.1 Å². The standard InChI is InChI=1S/C61H40BN3/c1-4-20-41(21-5-1)61(42-22-6-2-7-23-42)50-30-14-19-35-58(50)65-59-37-36-44(63-54-31-15-10-26-46(54)47-27-11-16-32-55(47)63)39-52(59)62(43-24-8-3-9-25-43)53-40-45(38-51(61)60(53)65)64-56-33-17-12-28-48(56)49-29-13-18-34-57(49)64/h1-40H. The molecule has 0 fully saturated rings. The molecule has 0 aliphatic carbocycles. The normalized spacial score (nSPS) is 13.6. The molecule has 0 saturated carbocycles. The van der Waals surface area contributed by atoms with Crippen molar-refractivity contribution in [3.8, 4) is 11.4 Å². The Bertz CT molecular complexity index is 3700. The summed E-state index contributed by atoms with van der Waals surface area (Å²) in [6, 6.07) is 90.5.